The van der Waals surface area contributed by atoms with E-state index in [1.54, 1.807) is 7.11 Å². The molecule has 20 heavy (non-hydrogen) atoms. The standard InChI is InChI=1S/C17H30N2O/c1-6-8-9-15(18-10-7-2)11-16-14(4)17(20-5)13(3)12-19-16/h12,15,18H,6-11H2,1-5H3. The van der Waals surface area contributed by atoms with Gasteiger partial charge in [-0.15, -0.1) is 0 Å². The highest BCUT2D eigenvalue weighted by Crippen LogP contribution is 2.25. The Hall–Kier alpha value is -1.09. The Balaban J connectivity index is 2.81. The Morgan fingerprint density at radius 2 is 2.00 bits per heavy atom. The van der Waals surface area contributed by atoms with Crippen LogP contribution in [0.15, 0.2) is 6.20 Å². The van der Waals surface area contributed by atoms with Gasteiger partial charge in [0.2, 0.25) is 0 Å². The maximum Gasteiger partial charge on any atom is 0.128 e. The average molecular weight is 278 g/mol. The Bertz CT molecular complexity index is 396. The molecule has 1 aromatic heterocycles. The van der Waals surface area contributed by atoms with Crippen molar-refractivity contribution in [1.29, 1.82) is 0 Å². The van der Waals surface area contributed by atoms with Gasteiger partial charge in [-0.1, -0.05) is 26.7 Å². The van der Waals surface area contributed by atoms with Crippen molar-refractivity contribution in [3.63, 3.8) is 0 Å². The summed E-state index contributed by atoms with van der Waals surface area (Å²) in [5.41, 5.74) is 3.46. The van der Waals surface area contributed by atoms with Crippen molar-refractivity contribution in [3.8, 4) is 5.75 Å². The fraction of sp³-hybridized carbons (Fsp3) is 0.706. The molecule has 0 aliphatic carbocycles. The van der Waals surface area contributed by atoms with E-state index in [9.17, 15) is 0 Å². The first-order valence-corrected chi connectivity index (χ1v) is 7.86. The minimum absolute atomic E-state index is 0.522. The number of hydrogen-bond acceptors (Lipinski definition) is 3. The van der Waals surface area contributed by atoms with Gasteiger partial charge >= 0.3 is 0 Å². The number of methoxy groups -OCH3 is 1. The van der Waals surface area contributed by atoms with Crippen molar-refractivity contribution in [1.82, 2.24) is 10.3 Å². The summed E-state index contributed by atoms with van der Waals surface area (Å²) < 4.78 is 5.50. The molecule has 3 nitrogen and oxygen atoms in total. The number of hydrogen-bond donors (Lipinski definition) is 1. The van der Waals surface area contributed by atoms with Gasteiger partial charge in [-0.25, -0.2) is 0 Å². The average Bonchev–Trinajstić information content (AvgIpc) is 2.45. The molecule has 0 saturated heterocycles. The summed E-state index contributed by atoms with van der Waals surface area (Å²) in [5, 5.41) is 3.65. The molecule has 0 spiro atoms. The lowest BCUT2D eigenvalue weighted by Gasteiger charge is -2.20. The number of unbranched alkanes of at least 4 members (excludes halogenated alkanes) is 1. The summed E-state index contributed by atoms with van der Waals surface area (Å²) in [6, 6.07) is 0.522. The number of nitrogens with one attached hydrogen (secondary N) is 1. The van der Waals surface area contributed by atoms with E-state index in [0.717, 1.165) is 30.0 Å². The zero-order valence-corrected chi connectivity index (χ0v) is 13.8. The van der Waals surface area contributed by atoms with Crippen LogP contribution in [-0.4, -0.2) is 24.7 Å². The van der Waals surface area contributed by atoms with Crippen molar-refractivity contribution in [2.75, 3.05) is 13.7 Å². The van der Waals surface area contributed by atoms with E-state index < -0.39 is 0 Å². The molecular formula is C17H30N2O. The molecule has 114 valence electrons. The Morgan fingerprint density at radius 3 is 2.60 bits per heavy atom. The molecule has 1 heterocycles. The zero-order valence-electron chi connectivity index (χ0n) is 13.8. The van der Waals surface area contributed by atoms with Crippen LogP contribution in [0.2, 0.25) is 0 Å². The Labute approximate surface area is 124 Å². The molecule has 0 saturated carbocycles. The maximum atomic E-state index is 5.50. The highest BCUT2D eigenvalue weighted by Gasteiger charge is 2.14. The van der Waals surface area contributed by atoms with Gasteiger partial charge in [0.05, 0.1) is 7.11 Å². The van der Waals surface area contributed by atoms with Crippen LogP contribution in [-0.2, 0) is 6.42 Å². The normalized spacial score (nSPS) is 12.4. The first-order valence-electron chi connectivity index (χ1n) is 7.86. The van der Waals surface area contributed by atoms with Crippen LogP contribution in [0.3, 0.4) is 0 Å². The van der Waals surface area contributed by atoms with Crippen molar-refractivity contribution in [3.05, 3.63) is 23.0 Å². The van der Waals surface area contributed by atoms with E-state index in [4.69, 9.17) is 4.74 Å². The number of rotatable bonds is 9. The number of aryl methyl sites for hydroxylation is 1. The fourth-order valence-electron chi connectivity index (χ4n) is 2.59. The molecular weight excluding hydrogens is 248 g/mol. The Morgan fingerprint density at radius 1 is 1.25 bits per heavy atom. The molecule has 0 fully saturated rings. The largest absolute Gasteiger partial charge is 0.496 e. The summed E-state index contributed by atoms with van der Waals surface area (Å²) in [5.74, 6) is 0.986. The third kappa shape index (κ3) is 4.78. The maximum absolute atomic E-state index is 5.50. The van der Waals surface area contributed by atoms with Gasteiger partial charge in [0.15, 0.2) is 0 Å². The first-order chi connectivity index (χ1) is 9.63. The summed E-state index contributed by atoms with van der Waals surface area (Å²) in [6.07, 6.45) is 7.82. The molecule has 0 aromatic carbocycles. The van der Waals surface area contributed by atoms with Crippen LogP contribution in [0.5, 0.6) is 5.75 Å². The predicted molar refractivity (Wildman–Crippen MR) is 85.6 cm³/mol. The van der Waals surface area contributed by atoms with Gasteiger partial charge in [0.25, 0.3) is 0 Å². The van der Waals surface area contributed by atoms with Gasteiger partial charge in [-0.3, -0.25) is 4.98 Å². The lowest BCUT2D eigenvalue weighted by Crippen LogP contribution is -2.32. The zero-order chi connectivity index (χ0) is 15.0. The van der Waals surface area contributed by atoms with Gasteiger partial charge in [-0.05, 0) is 33.2 Å². The third-order valence-corrected chi connectivity index (χ3v) is 3.78. The van der Waals surface area contributed by atoms with Crippen molar-refractivity contribution >= 4 is 0 Å². The van der Waals surface area contributed by atoms with Gasteiger partial charge in [0.1, 0.15) is 5.75 Å². The van der Waals surface area contributed by atoms with Crippen molar-refractivity contribution in [2.24, 2.45) is 0 Å². The molecule has 1 atom stereocenters. The van der Waals surface area contributed by atoms with E-state index in [1.165, 1.54) is 31.2 Å². The molecule has 0 bridgehead atoms. The van der Waals surface area contributed by atoms with E-state index in [2.05, 4.69) is 31.1 Å². The summed E-state index contributed by atoms with van der Waals surface area (Å²) in [7, 11) is 1.74. The summed E-state index contributed by atoms with van der Waals surface area (Å²) in [6.45, 7) is 9.70. The molecule has 1 unspecified atom stereocenters. The summed E-state index contributed by atoms with van der Waals surface area (Å²) in [4.78, 5) is 4.62. The third-order valence-electron chi connectivity index (χ3n) is 3.78. The molecule has 3 heteroatoms. The van der Waals surface area contributed by atoms with E-state index >= 15 is 0 Å². The van der Waals surface area contributed by atoms with Crippen molar-refractivity contribution in [2.45, 2.75) is 65.8 Å². The molecule has 0 radical (unpaired) electrons. The highest BCUT2D eigenvalue weighted by molar-refractivity contribution is 5.41. The monoisotopic (exact) mass is 278 g/mol. The predicted octanol–water partition coefficient (Wildman–Crippen LogP) is 3.81. The minimum Gasteiger partial charge on any atom is -0.496 e. The SMILES string of the molecule is CCCCC(Cc1ncc(C)c(OC)c1C)NCCC. The quantitative estimate of drug-likeness (QED) is 0.746. The van der Waals surface area contributed by atoms with Crippen LogP contribution in [0.1, 0.15) is 56.4 Å². The Kier molecular flexibility index (Phi) is 7.60. The lowest BCUT2D eigenvalue weighted by molar-refractivity contribution is 0.404. The first kappa shape index (κ1) is 17.0. The molecule has 0 amide bonds. The van der Waals surface area contributed by atoms with Crippen LogP contribution in [0.4, 0.5) is 0 Å². The number of aromatic nitrogens is 1. The molecule has 1 rings (SSSR count). The second-order valence-corrected chi connectivity index (χ2v) is 5.54. The molecule has 1 N–H and O–H groups in total. The number of nitrogens with zero attached hydrogens (tertiary/aromatic N) is 1. The van der Waals surface area contributed by atoms with Gasteiger partial charge in [0, 0.05) is 35.5 Å². The smallest absolute Gasteiger partial charge is 0.128 e. The van der Waals surface area contributed by atoms with Crippen molar-refractivity contribution < 1.29 is 4.74 Å². The summed E-state index contributed by atoms with van der Waals surface area (Å²) >= 11 is 0. The highest BCUT2D eigenvalue weighted by atomic mass is 16.5. The molecule has 0 aliphatic heterocycles. The van der Waals surface area contributed by atoms with Crippen LogP contribution in [0.25, 0.3) is 0 Å². The van der Waals surface area contributed by atoms with Crippen LogP contribution < -0.4 is 10.1 Å². The molecule has 0 aliphatic rings. The van der Waals surface area contributed by atoms with E-state index in [0.29, 0.717) is 6.04 Å². The van der Waals surface area contributed by atoms with Gasteiger partial charge < -0.3 is 10.1 Å². The molecule has 1 aromatic rings. The van der Waals surface area contributed by atoms with Gasteiger partial charge in [-0.2, -0.15) is 0 Å². The van der Waals surface area contributed by atoms with E-state index in [1.807, 2.05) is 13.1 Å². The topological polar surface area (TPSA) is 34.1 Å². The van der Waals surface area contributed by atoms with Crippen LogP contribution >= 0.6 is 0 Å². The van der Waals surface area contributed by atoms with Crippen LogP contribution in [0, 0.1) is 13.8 Å². The van der Waals surface area contributed by atoms with E-state index in [-0.39, 0.29) is 0 Å². The minimum atomic E-state index is 0.522. The number of ether oxygens (including phenoxy) is 1. The number of pyridine rings is 1. The fourth-order valence-corrected chi connectivity index (χ4v) is 2.59. The lowest BCUT2D eigenvalue weighted by atomic mass is 10.0. The second kappa shape index (κ2) is 8.96. The second-order valence-electron chi connectivity index (χ2n) is 5.54.